The average molecular weight is 190 g/mol. The van der Waals surface area contributed by atoms with E-state index in [1.54, 1.807) is 0 Å². The first-order valence-corrected chi connectivity index (χ1v) is 4.71. The molecule has 1 atom stereocenters. The number of hydrogen-bond donors (Lipinski definition) is 3. The molecular weight excluding hydrogens is 176 g/mol. The molecule has 0 aliphatic carbocycles. The van der Waals surface area contributed by atoms with Crippen molar-refractivity contribution < 1.29 is 0 Å². The highest BCUT2D eigenvalue weighted by molar-refractivity contribution is 5.77. The fourth-order valence-corrected chi connectivity index (χ4v) is 1.31. The van der Waals surface area contributed by atoms with Crippen molar-refractivity contribution >= 4 is 17.0 Å². The molecule has 4 nitrogen and oxygen atoms in total. The predicted octanol–water partition coefficient (Wildman–Crippen LogP) is 1.32. The molecule has 4 N–H and O–H groups in total. The minimum atomic E-state index is 0.232. The van der Waals surface area contributed by atoms with Crippen molar-refractivity contribution in [2.24, 2.45) is 5.73 Å². The fraction of sp³-hybridized carbons (Fsp3) is 0.300. The molecule has 0 spiro atoms. The highest BCUT2D eigenvalue weighted by atomic mass is 15.1. The lowest BCUT2D eigenvalue weighted by Crippen LogP contribution is -2.25. The van der Waals surface area contributed by atoms with Gasteiger partial charge in [0.05, 0.1) is 11.0 Å². The van der Waals surface area contributed by atoms with Gasteiger partial charge >= 0.3 is 0 Å². The van der Waals surface area contributed by atoms with Gasteiger partial charge in [0.25, 0.3) is 0 Å². The van der Waals surface area contributed by atoms with E-state index >= 15 is 0 Å². The molecule has 0 aliphatic rings. The third-order valence-electron chi connectivity index (χ3n) is 2.13. The average Bonchev–Trinajstić information content (AvgIpc) is 2.59. The summed E-state index contributed by atoms with van der Waals surface area (Å²) < 4.78 is 0. The number of fused-ring (bicyclic) bond motifs is 1. The van der Waals surface area contributed by atoms with Crippen LogP contribution in [-0.2, 0) is 0 Å². The van der Waals surface area contributed by atoms with E-state index < -0.39 is 0 Å². The zero-order valence-electron chi connectivity index (χ0n) is 8.12. The van der Waals surface area contributed by atoms with E-state index in [-0.39, 0.29) is 6.04 Å². The summed E-state index contributed by atoms with van der Waals surface area (Å²) in [5, 5.41) is 3.19. The minimum Gasteiger partial charge on any atom is -0.352 e. The molecule has 74 valence electrons. The molecule has 2 aromatic rings. The number of imidazole rings is 1. The van der Waals surface area contributed by atoms with Crippen molar-refractivity contribution in [2.45, 2.75) is 13.0 Å². The first kappa shape index (κ1) is 9.02. The molecule has 0 saturated heterocycles. The summed E-state index contributed by atoms with van der Waals surface area (Å²) in [6, 6.07) is 8.16. The lowest BCUT2D eigenvalue weighted by Gasteiger charge is -2.08. The van der Waals surface area contributed by atoms with E-state index in [4.69, 9.17) is 5.73 Å². The molecule has 1 heterocycles. The number of aromatic nitrogens is 2. The second kappa shape index (κ2) is 3.67. The van der Waals surface area contributed by atoms with Gasteiger partial charge in [0.15, 0.2) is 0 Å². The van der Waals surface area contributed by atoms with Crippen molar-refractivity contribution in [1.29, 1.82) is 0 Å². The molecule has 1 unspecified atom stereocenters. The van der Waals surface area contributed by atoms with E-state index in [0.29, 0.717) is 6.54 Å². The Labute approximate surface area is 82.5 Å². The highest BCUT2D eigenvalue weighted by Crippen LogP contribution is 2.13. The van der Waals surface area contributed by atoms with Gasteiger partial charge < -0.3 is 16.0 Å². The van der Waals surface area contributed by atoms with Crippen molar-refractivity contribution in [3.05, 3.63) is 24.3 Å². The smallest absolute Gasteiger partial charge is 0.201 e. The van der Waals surface area contributed by atoms with Crippen LogP contribution in [0.15, 0.2) is 24.3 Å². The largest absolute Gasteiger partial charge is 0.352 e. The molecule has 4 heteroatoms. The summed E-state index contributed by atoms with van der Waals surface area (Å²) in [4.78, 5) is 7.56. The maximum absolute atomic E-state index is 5.51. The molecule has 1 aromatic heterocycles. The van der Waals surface area contributed by atoms with Crippen molar-refractivity contribution in [3.8, 4) is 0 Å². The number of aromatic amines is 1. The number of benzene rings is 1. The zero-order valence-corrected chi connectivity index (χ0v) is 8.12. The van der Waals surface area contributed by atoms with Crippen LogP contribution in [0, 0.1) is 0 Å². The van der Waals surface area contributed by atoms with Gasteiger partial charge in [0.2, 0.25) is 5.95 Å². The Hall–Kier alpha value is -1.55. The fourth-order valence-electron chi connectivity index (χ4n) is 1.31. The first-order chi connectivity index (χ1) is 6.79. The van der Waals surface area contributed by atoms with Gasteiger partial charge in [-0.25, -0.2) is 4.98 Å². The molecule has 2 rings (SSSR count). The Morgan fingerprint density at radius 1 is 1.50 bits per heavy atom. The van der Waals surface area contributed by atoms with E-state index in [2.05, 4.69) is 15.3 Å². The van der Waals surface area contributed by atoms with Crippen LogP contribution in [-0.4, -0.2) is 22.6 Å². The zero-order chi connectivity index (χ0) is 9.97. The number of anilines is 1. The van der Waals surface area contributed by atoms with E-state index in [1.165, 1.54) is 0 Å². The van der Waals surface area contributed by atoms with Gasteiger partial charge in [-0.3, -0.25) is 0 Å². The number of rotatable bonds is 3. The summed E-state index contributed by atoms with van der Waals surface area (Å²) in [6.45, 7) is 2.62. The maximum atomic E-state index is 5.51. The molecule has 1 aromatic carbocycles. The topological polar surface area (TPSA) is 66.7 Å². The number of nitrogens with zero attached hydrogens (tertiary/aromatic N) is 1. The SMILES string of the molecule is CC(CN)Nc1nc2ccccc2[nH]1. The first-order valence-electron chi connectivity index (χ1n) is 4.71. The monoisotopic (exact) mass is 190 g/mol. The third-order valence-corrected chi connectivity index (χ3v) is 2.13. The molecule has 0 fully saturated rings. The van der Waals surface area contributed by atoms with Gasteiger partial charge in [-0.1, -0.05) is 12.1 Å². The Balaban J connectivity index is 2.27. The van der Waals surface area contributed by atoms with Crippen LogP contribution in [0.5, 0.6) is 0 Å². The van der Waals surface area contributed by atoms with Crippen LogP contribution in [0.4, 0.5) is 5.95 Å². The Bertz CT molecular complexity index is 388. The van der Waals surface area contributed by atoms with Crippen molar-refractivity contribution in [3.63, 3.8) is 0 Å². The Morgan fingerprint density at radius 2 is 2.29 bits per heavy atom. The molecular formula is C10H14N4. The number of H-pyrrole nitrogens is 1. The second-order valence-corrected chi connectivity index (χ2v) is 3.38. The molecule has 0 bridgehead atoms. The van der Waals surface area contributed by atoms with Crippen LogP contribution >= 0.6 is 0 Å². The Kier molecular flexibility index (Phi) is 2.37. The van der Waals surface area contributed by atoms with Crippen LogP contribution < -0.4 is 11.1 Å². The normalized spacial score (nSPS) is 13.0. The maximum Gasteiger partial charge on any atom is 0.201 e. The van der Waals surface area contributed by atoms with E-state index in [1.807, 2.05) is 31.2 Å². The van der Waals surface area contributed by atoms with Gasteiger partial charge in [-0.2, -0.15) is 0 Å². The third kappa shape index (κ3) is 1.70. The van der Waals surface area contributed by atoms with E-state index in [9.17, 15) is 0 Å². The summed E-state index contributed by atoms with van der Waals surface area (Å²) in [6.07, 6.45) is 0. The van der Waals surface area contributed by atoms with Crippen LogP contribution in [0.3, 0.4) is 0 Å². The predicted molar refractivity (Wildman–Crippen MR) is 58.2 cm³/mol. The molecule has 0 aliphatic heterocycles. The summed E-state index contributed by atoms with van der Waals surface area (Å²) in [5.74, 6) is 0.782. The van der Waals surface area contributed by atoms with Gasteiger partial charge in [-0.15, -0.1) is 0 Å². The lowest BCUT2D eigenvalue weighted by atomic mass is 10.3. The Morgan fingerprint density at radius 3 is 3.00 bits per heavy atom. The van der Waals surface area contributed by atoms with Crippen LogP contribution in [0.2, 0.25) is 0 Å². The highest BCUT2D eigenvalue weighted by Gasteiger charge is 2.03. The number of nitrogens with one attached hydrogen (secondary N) is 2. The van der Waals surface area contributed by atoms with Crippen molar-refractivity contribution in [2.75, 3.05) is 11.9 Å². The van der Waals surface area contributed by atoms with Crippen molar-refractivity contribution in [1.82, 2.24) is 9.97 Å². The standard InChI is InChI=1S/C10H14N4/c1-7(6-11)12-10-13-8-4-2-3-5-9(8)14-10/h2-5,7H,6,11H2,1H3,(H2,12,13,14). The van der Waals surface area contributed by atoms with Crippen LogP contribution in [0.25, 0.3) is 11.0 Å². The molecule has 14 heavy (non-hydrogen) atoms. The molecule has 0 saturated carbocycles. The minimum absolute atomic E-state index is 0.232. The lowest BCUT2D eigenvalue weighted by molar-refractivity contribution is 0.794. The number of hydrogen-bond acceptors (Lipinski definition) is 3. The number of para-hydroxylation sites is 2. The van der Waals surface area contributed by atoms with Crippen LogP contribution in [0.1, 0.15) is 6.92 Å². The number of nitrogens with two attached hydrogens (primary N) is 1. The summed E-state index contributed by atoms with van der Waals surface area (Å²) in [5.41, 5.74) is 7.52. The van der Waals surface area contributed by atoms with Gasteiger partial charge in [0, 0.05) is 12.6 Å². The second-order valence-electron chi connectivity index (χ2n) is 3.38. The van der Waals surface area contributed by atoms with E-state index in [0.717, 1.165) is 17.0 Å². The summed E-state index contributed by atoms with van der Waals surface area (Å²) >= 11 is 0. The molecule has 0 amide bonds. The molecule has 0 radical (unpaired) electrons. The summed E-state index contributed by atoms with van der Waals surface area (Å²) in [7, 11) is 0. The quantitative estimate of drug-likeness (QED) is 0.683. The van der Waals surface area contributed by atoms with Gasteiger partial charge in [0.1, 0.15) is 0 Å². The van der Waals surface area contributed by atoms with Gasteiger partial charge in [-0.05, 0) is 19.1 Å².